The summed E-state index contributed by atoms with van der Waals surface area (Å²) in [4.78, 5) is 15.7. The highest BCUT2D eigenvalue weighted by atomic mass is 32.2. The number of hydrogen-bond donors (Lipinski definition) is 0. The molecule has 0 saturated heterocycles. The number of nitriles is 1. The molecule has 1 aromatic rings. The molecular formula is C13H16N2O2S. The first-order chi connectivity index (χ1) is 8.33. The first-order valence-electron chi connectivity index (χ1n) is 5.54. The molecule has 4 nitrogen and oxygen atoms in total. The largest absolute Gasteiger partial charge is 0.459 e. The fraction of sp³-hybridized carbons (Fsp3) is 0.462. The Bertz CT molecular complexity index is 487. The number of hydrogen-bond acceptors (Lipinski definition) is 5. The summed E-state index contributed by atoms with van der Waals surface area (Å²) in [6.45, 7) is 7.31. The van der Waals surface area contributed by atoms with Crippen LogP contribution in [-0.4, -0.2) is 22.3 Å². The lowest BCUT2D eigenvalue weighted by Gasteiger charge is -2.19. The number of aryl methyl sites for hydroxylation is 1. The van der Waals surface area contributed by atoms with Crippen molar-refractivity contribution in [2.24, 2.45) is 0 Å². The van der Waals surface area contributed by atoms with E-state index in [0.717, 1.165) is 5.56 Å². The van der Waals surface area contributed by atoms with E-state index in [0.29, 0.717) is 10.6 Å². The molecule has 0 fully saturated rings. The van der Waals surface area contributed by atoms with Crippen molar-refractivity contribution in [3.63, 3.8) is 0 Å². The van der Waals surface area contributed by atoms with E-state index in [9.17, 15) is 4.79 Å². The van der Waals surface area contributed by atoms with Gasteiger partial charge in [-0.25, -0.2) is 4.98 Å². The molecule has 0 amide bonds. The third-order valence-corrected chi connectivity index (χ3v) is 2.95. The van der Waals surface area contributed by atoms with Crippen molar-refractivity contribution in [1.82, 2.24) is 4.98 Å². The van der Waals surface area contributed by atoms with Crippen LogP contribution in [-0.2, 0) is 9.53 Å². The van der Waals surface area contributed by atoms with Gasteiger partial charge in [0.25, 0.3) is 0 Å². The summed E-state index contributed by atoms with van der Waals surface area (Å²) in [7, 11) is 0. The number of pyridine rings is 1. The topological polar surface area (TPSA) is 63.0 Å². The lowest BCUT2D eigenvalue weighted by molar-refractivity contribution is -0.151. The maximum atomic E-state index is 11.6. The summed E-state index contributed by atoms with van der Waals surface area (Å²) in [5.74, 6) is -0.151. The molecule has 1 rings (SSSR count). The quantitative estimate of drug-likeness (QED) is 0.620. The minimum atomic E-state index is -0.490. The molecule has 1 heterocycles. The van der Waals surface area contributed by atoms with Gasteiger partial charge in [0.05, 0.1) is 11.3 Å². The van der Waals surface area contributed by atoms with Crippen molar-refractivity contribution in [2.45, 2.75) is 38.3 Å². The molecule has 0 spiro atoms. The average Bonchev–Trinajstić information content (AvgIpc) is 2.24. The van der Waals surface area contributed by atoms with Gasteiger partial charge in [-0.1, -0.05) is 11.8 Å². The molecule has 18 heavy (non-hydrogen) atoms. The Balaban J connectivity index is 2.68. The van der Waals surface area contributed by atoms with Gasteiger partial charge in [-0.15, -0.1) is 0 Å². The lowest BCUT2D eigenvalue weighted by Crippen LogP contribution is -2.24. The van der Waals surface area contributed by atoms with Crippen LogP contribution < -0.4 is 0 Å². The second kappa shape index (κ2) is 5.87. The van der Waals surface area contributed by atoms with E-state index >= 15 is 0 Å². The Labute approximate surface area is 111 Å². The van der Waals surface area contributed by atoms with E-state index in [2.05, 4.69) is 11.1 Å². The minimum Gasteiger partial charge on any atom is -0.459 e. The minimum absolute atomic E-state index is 0.155. The van der Waals surface area contributed by atoms with Crippen LogP contribution >= 0.6 is 11.8 Å². The Morgan fingerprint density at radius 3 is 2.78 bits per heavy atom. The Hall–Kier alpha value is -1.54. The summed E-state index contributed by atoms with van der Waals surface area (Å²) in [6.07, 6.45) is 1.63. The van der Waals surface area contributed by atoms with Crippen molar-refractivity contribution < 1.29 is 9.53 Å². The molecule has 0 N–H and O–H groups in total. The van der Waals surface area contributed by atoms with Gasteiger partial charge < -0.3 is 4.74 Å². The number of nitrogens with zero attached hydrogens (tertiary/aromatic N) is 2. The molecule has 0 radical (unpaired) electrons. The van der Waals surface area contributed by atoms with Gasteiger partial charge in [0.15, 0.2) is 0 Å². The summed E-state index contributed by atoms with van der Waals surface area (Å²) in [5, 5.41) is 9.60. The van der Waals surface area contributed by atoms with Crippen LogP contribution in [0.25, 0.3) is 0 Å². The van der Waals surface area contributed by atoms with Crippen molar-refractivity contribution in [3.8, 4) is 6.07 Å². The molecule has 0 aliphatic carbocycles. The second-order valence-electron chi connectivity index (χ2n) is 4.79. The first-order valence-corrected chi connectivity index (χ1v) is 6.52. The average molecular weight is 264 g/mol. The van der Waals surface area contributed by atoms with Crippen molar-refractivity contribution in [1.29, 1.82) is 5.26 Å². The van der Waals surface area contributed by atoms with Crippen molar-refractivity contribution >= 4 is 17.7 Å². The van der Waals surface area contributed by atoms with Gasteiger partial charge >= 0.3 is 5.97 Å². The predicted octanol–water partition coefficient (Wildman–Crippen LogP) is 2.70. The van der Waals surface area contributed by atoms with Gasteiger partial charge in [0.1, 0.15) is 16.7 Å². The van der Waals surface area contributed by atoms with E-state index < -0.39 is 5.60 Å². The van der Waals surface area contributed by atoms with Crippen LogP contribution in [0, 0.1) is 18.3 Å². The number of thioether (sulfide) groups is 1. The maximum Gasteiger partial charge on any atom is 0.316 e. The fourth-order valence-electron chi connectivity index (χ4n) is 1.28. The normalized spacial score (nSPS) is 10.8. The van der Waals surface area contributed by atoms with E-state index in [-0.39, 0.29) is 11.7 Å². The molecule has 0 aromatic carbocycles. The molecule has 0 unspecified atom stereocenters. The second-order valence-corrected chi connectivity index (χ2v) is 5.76. The van der Waals surface area contributed by atoms with Crippen LogP contribution in [0.5, 0.6) is 0 Å². The zero-order valence-electron chi connectivity index (χ0n) is 11.0. The molecule has 0 aliphatic heterocycles. The molecule has 0 saturated carbocycles. The number of esters is 1. The monoisotopic (exact) mass is 264 g/mol. The maximum absolute atomic E-state index is 11.6. The van der Waals surface area contributed by atoms with Crippen LogP contribution in [0.1, 0.15) is 31.9 Å². The zero-order chi connectivity index (χ0) is 13.8. The summed E-state index contributed by atoms with van der Waals surface area (Å²) >= 11 is 1.23. The summed E-state index contributed by atoms with van der Waals surface area (Å²) in [6, 6.07) is 3.87. The van der Waals surface area contributed by atoms with Crippen LogP contribution in [0.15, 0.2) is 17.3 Å². The van der Waals surface area contributed by atoms with Crippen LogP contribution in [0.3, 0.4) is 0 Å². The third kappa shape index (κ3) is 4.38. The number of carbonyl (C=O) groups is 1. The van der Waals surface area contributed by atoms with E-state index in [1.807, 2.05) is 27.7 Å². The van der Waals surface area contributed by atoms with Crippen LogP contribution in [0.2, 0.25) is 0 Å². The molecule has 96 valence electrons. The number of aromatic nitrogens is 1. The van der Waals surface area contributed by atoms with Crippen molar-refractivity contribution in [2.75, 3.05) is 5.75 Å². The lowest BCUT2D eigenvalue weighted by atomic mass is 10.2. The zero-order valence-corrected chi connectivity index (χ0v) is 11.8. The smallest absolute Gasteiger partial charge is 0.316 e. The van der Waals surface area contributed by atoms with Gasteiger partial charge in [0.2, 0.25) is 0 Å². The summed E-state index contributed by atoms with van der Waals surface area (Å²) in [5.41, 5.74) is 0.890. The fourth-order valence-corrected chi connectivity index (χ4v) is 2.08. The highest BCUT2D eigenvalue weighted by Gasteiger charge is 2.17. The highest BCUT2D eigenvalue weighted by Crippen LogP contribution is 2.22. The van der Waals surface area contributed by atoms with Gasteiger partial charge in [-0.2, -0.15) is 5.26 Å². The van der Waals surface area contributed by atoms with Gasteiger partial charge in [-0.3, -0.25) is 4.79 Å². The molecule has 0 bridgehead atoms. The SMILES string of the molecule is Cc1ccnc(SCC(=O)OC(C)(C)C)c1C#N. The van der Waals surface area contributed by atoms with Crippen molar-refractivity contribution in [3.05, 3.63) is 23.4 Å². The Morgan fingerprint density at radius 2 is 2.22 bits per heavy atom. The van der Waals surface area contributed by atoms with Gasteiger partial charge in [-0.05, 0) is 39.3 Å². The Morgan fingerprint density at radius 1 is 1.56 bits per heavy atom. The van der Waals surface area contributed by atoms with E-state index in [1.165, 1.54) is 11.8 Å². The molecule has 1 aromatic heterocycles. The molecular weight excluding hydrogens is 248 g/mol. The molecule has 5 heteroatoms. The number of carbonyl (C=O) groups excluding carboxylic acids is 1. The third-order valence-electron chi connectivity index (χ3n) is 1.98. The standard InChI is InChI=1S/C13H16N2O2S/c1-9-5-6-15-12(10(9)7-14)18-8-11(16)17-13(2,3)4/h5-6H,8H2,1-4H3. The van der Waals surface area contributed by atoms with Crippen LogP contribution in [0.4, 0.5) is 0 Å². The predicted molar refractivity (Wildman–Crippen MR) is 70.3 cm³/mol. The molecule has 0 atom stereocenters. The Kier molecular flexibility index (Phi) is 4.74. The molecule has 0 aliphatic rings. The summed E-state index contributed by atoms with van der Waals surface area (Å²) < 4.78 is 5.19. The van der Waals surface area contributed by atoms with Gasteiger partial charge in [0, 0.05) is 6.20 Å². The first kappa shape index (κ1) is 14.5. The van der Waals surface area contributed by atoms with E-state index in [4.69, 9.17) is 10.00 Å². The number of rotatable bonds is 3. The number of ether oxygens (including phenoxy) is 1. The highest BCUT2D eigenvalue weighted by molar-refractivity contribution is 7.99. The van der Waals surface area contributed by atoms with E-state index in [1.54, 1.807) is 12.3 Å².